The van der Waals surface area contributed by atoms with Crippen LogP contribution in [0.3, 0.4) is 0 Å². The maximum atomic E-state index is 14.0. The summed E-state index contributed by atoms with van der Waals surface area (Å²) in [6.45, 7) is 0. The van der Waals surface area contributed by atoms with Crippen LogP contribution in [0, 0.1) is 11.6 Å². The zero-order valence-corrected chi connectivity index (χ0v) is 13.3. The second-order valence-corrected chi connectivity index (χ2v) is 5.42. The van der Waals surface area contributed by atoms with E-state index in [-0.39, 0.29) is 16.2 Å². The number of nitrogens with one attached hydrogen (secondary N) is 1. The molecule has 2 aromatic rings. The van der Waals surface area contributed by atoms with Crippen molar-refractivity contribution in [3.05, 3.63) is 52.0 Å². The van der Waals surface area contributed by atoms with E-state index in [4.69, 9.17) is 10.5 Å². The molecule has 2 aromatic carbocycles. The molecule has 110 valence electrons. The number of benzene rings is 2. The zero-order valence-electron chi connectivity index (χ0n) is 10.9. The molecule has 0 saturated heterocycles. The van der Waals surface area contributed by atoms with Crippen molar-refractivity contribution in [3.63, 3.8) is 0 Å². The molecule has 7 heteroatoms. The van der Waals surface area contributed by atoms with E-state index in [9.17, 15) is 8.78 Å². The third-order valence-electron chi connectivity index (χ3n) is 2.79. The third-order valence-corrected chi connectivity index (χ3v) is 3.70. The Morgan fingerprint density at radius 2 is 1.90 bits per heavy atom. The normalized spacial score (nSPS) is 10.3. The first-order chi connectivity index (χ1) is 9.93. The molecule has 0 heterocycles. The SMILES string of the molecule is COc1ccc(Br)c(Nc2ccc(C(N)=S)c(F)c2F)c1. The topological polar surface area (TPSA) is 47.3 Å². The van der Waals surface area contributed by atoms with E-state index in [0.29, 0.717) is 15.9 Å². The highest BCUT2D eigenvalue weighted by molar-refractivity contribution is 9.10. The Kier molecular flexibility index (Phi) is 4.74. The molecule has 21 heavy (non-hydrogen) atoms. The van der Waals surface area contributed by atoms with Gasteiger partial charge in [-0.25, -0.2) is 8.78 Å². The highest BCUT2D eigenvalue weighted by Gasteiger charge is 2.16. The summed E-state index contributed by atoms with van der Waals surface area (Å²) in [7, 11) is 1.52. The van der Waals surface area contributed by atoms with E-state index in [1.54, 1.807) is 18.2 Å². The number of hydrogen-bond acceptors (Lipinski definition) is 3. The Morgan fingerprint density at radius 3 is 2.52 bits per heavy atom. The lowest BCUT2D eigenvalue weighted by Crippen LogP contribution is -2.13. The maximum Gasteiger partial charge on any atom is 0.182 e. The lowest BCUT2D eigenvalue weighted by Gasteiger charge is -2.12. The maximum absolute atomic E-state index is 14.0. The molecule has 0 spiro atoms. The first-order valence-corrected chi connectivity index (χ1v) is 7.02. The second-order valence-electron chi connectivity index (χ2n) is 4.12. The van der Waals surface area contributed by atoms with Gasteiger partial charge in [-0.15, -0.1) is 0 Å². The van der Waals surface area contributed by atoms with Crippen molar-refractivity contribution in [2.75, 3.05) is 12.4 Å². The molecule has 0 fully saturated rings. The fourth-order valence-corrected chi connectivity index (χ4v) is 2.21. The lowest BCUT2D eigenvalue weighted by molar-refractivity contribution is 0.415. The van der Waals surface area contributed by atoms with Gasteiger partial charge in [-0.1, -0.05) is 12.2 Å². The predicted molar refractivity (Wildman–Crippen MR) is 86.2 cm³/mol. The summed E-state index contributed by atoms with van der Waals surface area (Å²) < 4.78 is 33.6. The highest BCUT2D eigenvalue weighted by Crippen LogP contribution is 2.31. The fraction of sp³-hybridized carbons (Fsp3) is 0.0714. The lowest BCUT2D eigenvalue weighted by atomic mass is 10.1. The van der Waals surface area contributed by atoms with Gasteiger partial charge in [0.2, 0.25) is 0 Å². The molecular weight excluding hydrogens is 362 g/mol. The number of nitrogens with two attached hydrogens (primary N) is 1. The van der Waals surface area contributed by atoms with Crippen LogP contribution in [0.4, 0.5) is 20.2 Å². The largest absolute Gasteiger partial charge is 0.497 e. The first-order valence-electron chi connectivity index (χ1n) is 5.82. The van der Waals surface area contributed by atoms with Gasteiger partial charge in [0.05, 0.1) is 18.5 Å². The van der Waals surface area contributed by atoms with E-state index in [2.05, 4.69) is 33.5 Å². The number of ether oxygens (including phenoxy) is 1. The van der Waals surface area contributed by atoms with Crippen LogP contribution in [0.1, 0.15) is 5.56 Å². The Hall–Kier alpha value is -1.73. The van der Waals surface area contributed by atoms with Crippen molar-refractivity contribution < 1.29 is 13.5 Å². The first kappa shape index (κ1) is 15.7. The van der Waals surface area contributed by atoms with Crippen LogP contribution in [0.25, 0.3) is 0 Å². The molecule has 0 amide bonds. The highest BCUT2D eigenvalue weighted by atomic mass is 79.9. The van der Waals surface area contributed by atoms with Gasteiger partial charge in [0.15, 0.2) is 11.6 Å². The molecule has 0 radical (unpaired) electrons. The van der Waals surface area contributed by atoms with Crippen LogP contribution >= 0.6 is 28.1 Å². The fourth-order valence-electron chi connectivity index (χ4n) is 1.71. The average Bonchev–Trinajstić information content (AvgIpc) is 2.45. The summed E-state index contributed by atoms with van der Waals surface area (Å²) in [6, 6.07) is 7.83. The monoisotopic (exact) mass is 372 g/mol. The number of hydrogen-bond donors (Lipinski definition) is 2. The molecule has 0 atom stereocenters. The predicted octanol–water partition coefficient (Wildman–Crippen LogP) is 4.11. The number of rotatable bonds is 4. The summed E-state index contributed by atoms with van der Waals surface area (Å²) in [6.07, 6.45) is 0. The van der Waals surface area contributed by atoms with Gasteiger partial charge in [0.25, 0.3) is 0 Å². The van der Waals surface area contributed by atoms with Crippen LogP contribution in [0.2, 0.25) is 0 Å². The van der Waals surface area contributed by atoms with Crippen LogP contribution in [-0.4, -0.2) is 12.1 Å². The van der Waals surface area contributed by atoms with E-state index < -0.39 is 11.6 Å². The molecule has 0 bridgehead atoms. The van der Waals surface area contributed by atoms with Crippen molar-refractivity contribution in [3.8, 4) is 5.75 Å². The van der Waals surface area contributed by atoms with Gasteiger partial charge in [0, 0.05) is 16.1 Å². The van der Waals surface area contributed by atoms with Gasteiger partial charge in [-0.3, -0.25) is 0 Å². The van der Waals surface area contributed by atoms with E-state index in [1.807, 2.05) is 0 Å². The smallest absolute Gasteiger partial charge is 0.182 e. The van der Waals surface area contributed by atoms with Crippen molar-refractivity contribution in [1.29, 1.82) is 0 Å². The number of thiocarbonyl (C=S) groups is 1. The Balaban J connectivity index is 2.41. The van der Waals surface area contributed by atoms with Gasteiger partial charge >= 0.3 is 0 Å². The molecule has 2 rings (SSSR count). The quantitative estimate of drug-likeness (QED) is 0.792. The molecule has 0 unspecified atom stereocenters. The molecule has 0 aliphatic rings. The second kappa shape index (κ2) is 6.36. The molecule has 3 N–H and O–H groups in total. The van der Waals surface area contributed by atoms with E-state index in [1.165, 1.54) is 19.2 Å². The Morgan fingerprint density at radius 1 is 1.19 bits per heavy atom. The number of methoxy groups -OCH3 is 1. The van der Waals surface area contributed by atoms with Crippen molar-refractivity contribution in [2.24, 2.45) is 5.73 Å². The molecule has 0 saturated carbocycles. The van der Waals surface area contributed by atoms with Gasteiger partial charge in [-0.2, -0.15) is 0 Å². The van der Waals surface area contributed by atoms with Gasteiger partial charge in [-0.05, 0) is 40.2 Å². The van der Waals surface area contributed by atoms with Gasteiger partial charge < -0.3 is 15.8 Å². The third kappa shape index (κ3) is 3.30. The summed E-state index contributed by atoms with van der Waals surface area (Å²) in [5.74, 6) is -1.54. The van der Waals surface area contributed by atoms with Crippen molar-refractivity contribution in [2.45, 2.75) is 0 Å². The van der Waals surface area contributed by atoms with E-state index in [0.717, 1.165) is 0 Å². The summed E-state index contributed by atoms with van der Waals surface area (Å²) >= 11 is 7.99. The molecular formula is C14H11BrF2N2OS. The zero-order chi connectivity index (χ0) is 15.6. The minimum atomic E-state index is -1.08. The summed E-state index contributed by atoms with van der Waals surface area (Å²) in [5.41, 5.74) is 5.71. The molecule has 0 aliphatic carbocycles. The van der Waals surface area contributed by atoms with Crippen LogP contribution in [0.15, 0.2) is 34.8 Å². The van der Waals surface area contributed by atoms with Crippen LogP contribution < -0.4 is 15.8 Å². The van der Waals surface area contributed by atoms with Crippen molar-refractivity contribution in [1.82, 2.24) is 0 Å². The molecule has 3 nitrogen and oxygen atoms in total. The van der Waals surface area contributed by atoms with Gasteiger partial charge in [0.1, 0.15) is 10.7 Å². The minimum absolute atomic E-state index is 0.0264. The summed E-state index contributed by atoms with van der Waals surface area (Å²) in [4.78, 5) is -0.194. The average molecular weight is 373 g/mol. The van der Waals surface area contributed by atoms with E-state index >= 15 is 0 Å². The minimum Gasteiger partial charge on any atom is -0.497 e. The number of halogens is 3. The molecule has 0 aromatic heterocycles. The molecule has 0 aliphatic heterocycles. The van der Waals surface area contributed by atoms with Crippen molar-refractivity contribution >= 4 is 44.5 Å². The van der Waals surface area contributed by atoms with Crippen LogP contribution in [-0.2, 0) is 0 Å². The Bertz CT molecular complexity index is 710. The Labute approximate surface area is 134 Å². The number of anilines is 2. The van der Waals surface area contributed by atoms with Crippen LogP contribution in [0.5, 0.6) is 5.75 Å². The standard InChI is InChI=1S/C14H11BrF2N2OS/c1-20-7-2-4-9(15)11(6-7)19-10-5-3-8(14(18)21)12(16)13(10)17/h2-6,19H,1H3,(H2,18,21). The summed E-state index contributed by atoms with van der Waals surface area (Å²) in [5, 5.41) is 2.80.